The molecule has 126 valence electrons. The molecule has 25 heavy (non-hydrogen) atoms. The second-order valence-electron chi connectivity index (χ2n) is 5.59. The third-order valence-corrected chi connectivity index (χ3v) is 4.00. The van der Waals surface area contributed by atoms with Crippen molar-refractivity contribution in [3.05, 3.63) is 71.5 Å². The zero-order chi connectivity index (χ0) is 18.0. The number of aromatic hydroxyl groups is 1. The summed E-state index contributed by atoms with van der Waals surface area (Å²) < 4.78 is 14.2. The van der Waals surface area contributed by atoms with Gasteiger partial charge in [-0.25, -0.2) is 4.39 Å². The fourth-order valence-corrected chi connectivity index (χ4v) is 2.83. The van der Waals surface area contributed by atoms with Crippen LogP contribution in [0.4, 0.5) is 10.1 Å². The topological polar surface area (TPSA) is 49.3 Å². The van der Waals surface area contributed by atoms with Crippen LogP contribution in [-0.2, 0) is 4.79 Å². The van der Waals surface area contributed by atoms with Crippen molar-refractivity contribution in [3.63, 3.8) is 0 Å². The molecule has 0 aromatic heterocycles. The molecule has 0 heterocycles. The first-order chi connectivity index (χ1) is 12.0. The van der Waals surface area contributed by atoms with Crippen LogP contribution < -0.4 is 5.32 Å². The van der Waals surface area contributed by atoms with Crippen LogP contribution in [0.1, 0.15) is 6.92 Å². The van der Waals surface area contributed by atoms with E-state index >= 15 is 0 Å². The van der Waals surface area contributed by atoms with Gasteiger partial charge in [0.2, 0.25) is 5.91 Å². The lowest BCUT2D eigenvalue weighted by atomic mass is 9.97. The van der Waals surface area contributed by atoms with Gasteiger partial charge in [0.15, 0.2) is 0 Å². The normalized spacial score (nSPS) is 10.5. The van der Waals surface area contributed by atoms with E-state index in [0.717, 1.165) is 5.56 Å². The predicted molar refractivity (Wildman–Crippen MR) is 98.3 cm³/mol. The van der Waals surface area contributed by atoms with E-state index < -0.39 is 5.82 Å². The molecule has 0 bridgehead atoms. The maximum atomic E-state index is 14.2. The van der Waals surface area contributed by atoms with Gasteiger partial charge in [-0.2, -0.15) is 0 Å². The first-order valence-corrected chi connectivity index (χ1v) is 7.99. The molecule has 0 saturated carbocycles. The van der Waals surface area contributed by atoms with E-state index in [1.54, 1.807) is 42.5 Å². The number of rotatable bonds is 3. The van der Waals surface area contributed by atoms with Gasteiger partial charge < -0.3 is 10.4 Å². The van der Waals surface area contributed by atoms with Gasteiger partial charge in [0.05, 0.1) is 5.69 Å². The number of para-hydroxylation sites is 1. The van der Waals surface area contributed by atoms with Crippen LogP contribution in [0, 0.1) is 5.82 Å². The molecule has 3 nitrogen and oxygen atoms in total. The molecule has 0 aliphatic heterocycles. The number of carbonyl (C=O) groups excluding carboxylic acids is 1. The Morgan fingerprint density at radius 3 is 2.24 bits per heavy atom. The van der Waals surface area contributed by atoms with Crippen molar-refractivity contribution in [3.8, 4) is 28.0 Å². The summed E-state index contributed by atoms with van der Waals surface area (Å²) in [4.78, 5) is 11.1. The molecule has 0 unspecified atom stereocenters. The van der Waals surface area contributed by atoms with Crippen molar-refractivity contribution in [1.29, 1.82) is 0 Å². The third kappa shape index (κ3) is 3.64. The number of hydrogen-bond donors (Lipinski definition) is 2. The van der Waals surface area contributed by atoms with E-state index in [0.29, 0.717) is 21.7 Å². The van der Waals surface area contributed by atoms with Crippen LogP contribution in [-0.4, -0.2) is 11.0 Å². The van der Waals surface area contributed by atoms with Gasteiger partial charge in [-0.3, -0.25) is 4.79 Å². The lowest BCUT2D eigenvalue weighted by Crippen LogP contribution is -2.07. The van der Waals surface area contributed by atoms with Crippen LogP contribution in [0.3, 0.4) is 0 Å². The van der Waals surface area contributed by atoms with Crippen LogP contribution in [0.25, 0.3) is 22.3 Å². The SMILES string of the molecule is CC(=O)Nc1ccc(-c2cccc(-c3cccc(Cl)c3)c2O)cc1F. The van der Waals surface area contributed by atoms with E-state index in [1.165, 1.54) is 19.1 Å². The molecule has 0 atom stereocenters. The standard InChI is InChI=1S/C20H15ClFNO2/c1-12(24)23-19-9-8-14(11-18(19)22)17-7-3-6-16(20(17)25)13-4-2-5-15(21)10-13/h2-11,25H,1H3,(H,23,24). The molecule has 5 heteroatoms. The molecule has 0 aliphatic rings. The molecule has 3 rings (SSSR count). The van der Waals surface area contributed by atoms with E-state index in [9.17, 15) is 14.3 Å². The number of halogens is 2. The number of hydrogen-bond acceptors (Lipinski definition) is 2. The first kappa shape index (κ1) is 17.0. The molecular weight excluding hydrogens is 341 g/mol. The van der Waals surface area contributed by atoms with E-state index in [4.69, 9.17) is 11.6 Å². The van der Waals surface area contributed by atoms with Gasteiger partial charge in [-0.05, 0) is 35.4 Å². The Balaban J connectivity index is 2.05. The van der Waals surface area contributed by atoms with Gasteiger partial charge in [0.1, 0.15) is 11.6 Å². The molecule has 0 fully saturated rings. The highest BCUT2D eigenvalue weighted by Crippen LogP contribution is 2.39. The Morgan fingerprint density at radius 2 is 1.64 bits per heavy atom. The van der Waals surface area contributed by atoms with Crippen molar-refractivity contribution in [2.24, 2.45) is 0 Å². The molecular formula is C20H15ClFNO2. The molecule has 1 amide bonds. The van der Waals surface area contributed by atoms with E-state index in [1.807, 2.05) is 6.07 Å². The van der Waals surface area contributed by atoms with Gasteiger partial charge in [0.25, 0.3) is 0 Å². The fraction of sp³-hybridized carbons (Fsp3) is 0.0500. The van der Waals surface area contributed by atoms with Crippen molar-refractivity contribution in [1.82, 2.24) is 0 Å². The van der Waals surface area contributed by atoms with Crippen LogP contribution in [0.2, 0.25) is 5.02 Å². The van der Waals surface area contributed by atoms with Gasteiger partial charge in [-0.15, -0.1) is 0 Å². The number of phenols is 1. The summed E-state index contributed by atoms with van der Waals surface area (Å²) in [5.41, 5.74) is 2.47. The highest BCUT2D eigenvalue weighted by Gasteiger charge is 2.13. The molecule has 0 aliphatic carbocycles. The lowest BCUT2D eigenvalue weighted by molar-refractivity contribution is -0.114. The Kier molecular flexibility index (Phi) is 4.72. The summed E-state index contributed by atoms with van der Waals surface area (Å²) in [6, 6.07) is 16.8. The Hall–Kier alpha value is -2.85. The number of amides is 1. The van der Waals surface area contributed by atoms with Gasteiger partial charge >= 0.3 is 0 Å². The molecule has 3 aromatic carbocycles. The highest BCUT2D eigenvalue weighted by atomic mass is 35.5. The third-order valence-electron chi connectivity index (χ3n) is 3.76. The molecule has 0 saturated heterocycles. The number of benzene rings is 3. The minimum Gasteiger partial charge on any atom is -0.507 e. The Morgan fingerprint density at radius 1 is 1.00 bits per heavy atom. The maximum absolute atomic E-state index is 14.2. The smallest absolute Gasteiger partial charge is 0.221 e. The van der Waals surface area contributed by atoms with Gasteiger partial charge in [0, 0.05) is 23.1 Å². The monoisotopic (exact) mass is 355 g/mol. The number of anilines is 1. The minimum absolute atomic E-state index is 0.0384. The quantitative estimate of drug-likeness (QED) is 0.653. The minimum atomic E-state index is -0.569. The summed E-state index contributed by atoms with van der Waals surface area (Å²) in [6.45, 7) is 1.31. The predicted octanol–water partition coefficient (Wildman–Crippen LogP) is 5.48. The maximum Gasteiger partial charge on any atom is 0.221 e. The second kappa shape index (κ2) is 6.95. The van der Waals surface area contributed by atoms with E-state index in [-0.39, 0.29) is 17.3 Å². The first-order valence-electron chi connectivity index (χ1n) is 7.61. The molecule has 2 N–H and O–H groups in total. The number of nitrogens with one attached hydrogen (secondary N) is 1. The average molecular weight is 356 g/mol. The van der Waals surface area contributed by atoms with E-state index in [2.05, 4.69) is 5.32 Å². The van der Waals surface area contributed by atoms with Crippen LogP contribution in [0.15, 0.2) is 60.7 Å². The zero-order valence-electron chi connectivity index (χ0n) is 13.4. The lowest BCUT2D eigenvalue weighted by Gasteiger charge is -2.12. The molecule has 0 spiro atoms. The Bertz CT molecular complexity index is 956. The summed E-state index contributed by atoms with van der Waals surface area (Å²) >= 11 is 6.02. The van der Waals surface area contributed by atoms with Crippen LogP contribution >= 0.6 is 11.6 Å². The summed E-state index contributed by atoms with van der Waals surface area (Å²) in [7, 11) is 0. The zero-order valence-corrected chi connectivity index (χ0v) is 14.1. The van der Waals surface area contributed by atoms with Gasteiger partial charge in [-0.1, -0.05) is 48.0 Å². The number of carbonyl (C=O) groups is 1. The van der Waals surface area contributed by atoms with Crippen molar-refractivity contribution < 1.29 is 14.3 Å². The van der Waals surface area contributed by atoms with Crippen molar-refractivity contribution >= 4 is 23.2 Å². The average Bonchev–Trinajstić information content (AvgIpc) is 2.56. The summed E-state index contributed by atoms with van der Waals surface area (Å²) in [5.74, 6) is -0.880. The van der Waals surface area contributed by atoms with Crippen molar-refractivity contribution in [2.45, 2.75) is 6.92 Å². The molecule has 0 radical (unpaired) electrons. The highest BCUT2D eigenvalue weighted by molar-refractivity contribution is 6.30. The fourth-order valence-electron chi connectivity index (χ4n) is 2.64. The largest absolute Gasteiger partial charge is 0.507 e. The second-order valence-corrected chi connectivity index (χ2v) is 6.02. The molecule has 3 aromatic rings. The summed E-state index contributed by atoms with van der Waals surface area (Å²) in [6.07, 6.45) is 0. The van der Waals surface area contributed by atoms with Crippen LogP contribution in [0.5, 0.6) is 5.75 Å². The number of phenolic OH excluding ortho intramolecular Hbond substituents is 1. The Labute approximate surface area is 149 Å². The van der Waals surface area contributed by atoms with Crippen molar-refractivity contribution in [2.75, 3.05) is 5.32 Å². The summed E-state index contributed by atoms with van der Waals surface area (Å²) in [5, 5.41) is 13.6.